The number of ether oxygens (including phenoxy) is 1. The molecule has 0 aromatic heterocycles. The van der Waals surface area contributed by atoms with Gasteiger partial charge in [-0.3, -0.25) is 0 Å². The van der Waals surface area contributed by atoms with E-state index in [1.54, 1.807) is 0 Å². The van der Waals surface area contributed by atoms with Crippen LogP contribution in [-0.2, 0) is 9.53 Å². The van der Waals surface area contributed by atoms with E-state index in [4.69, 9.17) is 5.11 Å². The Hall–Kier alpha value is -1.05. The molecule has 1 atom stereocenters. The van der Waals surface area contributed by atoms with Gasteiger partial charge in [0.2, 0.25) is 0 Å². The third-order valence-corrected chi connectivity index (χ3v) is 0.687. The molecule has 56 valence electrons. The third kappa shape index (κ3) is 5.09. The van der Waals surface area contributed by atoms with Crippen LogP contribution < -0.4 is 0 Å². The molecule has 1 N–H and O–H groups in total. The predicted molar refractivity (Wildman–Crippen MR) is 36.3 cm³/mol. The lowest BCUT2D eigenvalue weighted by Crippen LogP contribution is -2.13. The maximum absolute atomic E-state index is 10.5. The molecule has 1 unspecified atom stereocenters. The number of esters is 1. The lowest BCUT2D eigenvalue weighted by Gasteiger charge is -2.02. The Balaban J connectivity index is 3.50. The van der Waals surface area contributed by atoms with Crippen molar-refractivity contribution in [2.45, 2.75) is 13.0 Å². The summed E-state index contributed by atoms with van der Waals surface area (Å²) in [7, 11) is 0. The van der Waals surface area contributed by atoms with E-state index >= 15 is 0 Å². The molecule has 0 aliphatic carbocycles. The van der Waals surface area contributed by atoms with Crippen LogP contribution in [0.5, 0.6) is 0 Å². The van der Waals surface area contributed by atoms with Crippen molar-refractivity contribution >= 4 is 5.97 Å². The number of hydrogen-bond donors (Lipinski definition) is 1. The van der Waals surface area contributed by atoms with E-state index in [0.717, 1.165) is 6.08 Å². The van der Waals surface area contributed by atoms with Crippen molar-refractivity contribution in [2.75, 3.05) is 6.61 Å². The van der Waals surface area contributed by atoms with Gasteiger partial charge in [0, 0.05) is 0 Å². The van der Waals surface area contributed by atoms with E-state index in [1.807, 2.05) is 0 Å². The van der Waals surface area contributed by atoms with Crippen molar-refractivity contribution in [3.05, 3.63) is 18.4 Å². The van der Waals surface area contributed by atoms with Crippen molar-refractivity contribution in [2.24, 2.45) is 0 Å². The zero-order valence-electron chi connectivity index (χ0n) is 5.83. The number of rotatable bonds is 3. The largest absolute Gasteiger partial charge is 0.459 e. The number of carbonyl (C=O) groups is 1. The van der Waals surface area contributed by atoms with Crippen molar-refractivity contribution in [3.63, 3.8) is 0 Å². The van der Waals surface area contributed by atoms with Crippen LogP contribution in [0.15, 0.2) is 18.4 Å². The van der Waals surface area contributed by atoms with E-state index in [1.165, 1.54) is 6.92 Å². The van der Waals surface area contributed by atoms with Gasteiger partial charge in [0.1, 0.15) is 6.61 Å². The first kappa shape index (κ1) is 8.95. The lowest BCUT2D eigenvalue weighted by molar-refractivity contribution is -0.140. The Morgan fingerprint density at radius 1 is 2.00 bits per heavy atom. The van der Waals surface area contributed by atoms with Gasteiger partial charge in [0.25, 0.3) is 0 Å². The molecule has 0 fully saturated rings. The zero-order chi connectivity index (χ0) is 7.98. The van der Waals surface area contributed by atoms with Gasteiger partial charge < -0.3 is 9.84 Å². The highest BCUT2D eigenvalue weighted by Crippen LogP contribution is 1.84. The molecule has 0 spiro atoms. The highest BCUT2D eigenvalue weighted by atomic mass is 16.5. The molecule has 0 saturated heterocycles. The highest BCUT2D eigenvalue weighted by Gasteiger charge is 1.98. The molecule has 0 aromatic rings. The van der Waals surface area contributed by atoms with Gasteiger partial charge in [-0.1, -0.05) is 6.58 Å². The van der Waals surface area contributed by atoms with Crippen molar-refractivity contribution < 1.29 is 14.6 Å². The van der Waals surface area contributed by atoms with Crippen LogP contribution in [-0.4, -0.2) is 23.8 Å². The Bertz CT molecular complexity index is 154. The Labute approximate surface area is 59.6 Å². The number of hydrogen-bond acceptors (Lipinski definition) is 3. The quantitative estimate of drug-likeness (QED) is 0.349. The first-order chi connectivity index (χ1) is 4.66. The Morgan fingerprint density at radius 2 is 2.60 bits per heavy atom. The second-order valence-corrected chi connectivity index (χ2v) is 1.83. The van der Waals surface area contributed by atoms with E-state index in [9.17, 15) is 4.79 Å². The fourth-order valence-electron chi connectivity index (χ4n) is 0.328. The summed E-state index contributed by atoms with van der Waals surface area (Å²) in [6, 6.07) is 0. The summed E-state index contributed by atoms with van der Waals surface area (Å²) in [6.45, 7) is 4.73. The third-order valence-electron chi connectivity index (χ3n) is 0.687. The molecule has 0 aliphatic heterocycles. The second-order valence-electron chi connectivity index (χ2n) is 1.83. The molecule has 0 radical (unpaired) electrons. The molecule has 0 aromatic carbocycles. The van der Waals surface area contributed by atoms with Crippen LogP contribution in [0, 0.1) is 0 Å². The van der Waals surface area contributed by atoms with E-state index in [0.29, 0.717) is 0 Å². The van der Waals surface area contributed by atoms with Crippen LogP contribution in [0.1, 0.15) is 6.92 Å². The van der Waals surface area contributed by atoms with Gasteiger partial charge >= 0.3 is 5.97 Å². The second kappa shape index (κ2) is 4.79. The van der Waals surface area contributed by atoms with E-state index < -0.39 is 12.1 Å². The van der Waals surface area contributed by atoms with Gasteiger partial charge in [-0.05, 0) is 6.92 Å². The monoisotopic (exact) mass is 142 g/mol. The Kier molecular flexibility index (Phi) is 4.29. The Morgan fingerprint density at radius 3 is 3.00 bits per heavy atom. The van der Waals surface area contributed by atoms with Crippen LogP contribution in [0.4, 0.5) is 0 Å². The number of carbonyl (C=O) groups excluding carboxylic acids is 1. The maximum Gasteiger partial charge on any atom is 0.338 e. The minimum atomic E-state index is -0.623. The normalized spacial score (nSPS) is 11.4. The molecule has 3 heteroatoms. The highest BCUT2D eigenvalue weighted by molar-refractivity contribution is 5.81. The molecule has 0 bridgehead atoms. The minimum absolute atomic E-state index is 0.0109. The molecular weight excluding hydrogens is 132 g/mol. The number of aliphatic hydroxyl groups is 1. The van der Waals surface area contributed by atoms with Crippen molar-refractivity contribution in [3.8, 4) is 0 Å². The zero-order valence-corrected chi connectivity index (χ0v) is 5.83. The van der Waals surface area contributed by atoms with Crippen LogP contribution >= 0.6 is 0 Å². The molecule has 0 amide bonds. The van der Waals surface area contributed by atoms with Gasteiger partial charge in [0.15, 0.2) is 0 Å². The molecule has 0 saturated carbocycles. The van der Waals surface area contributed by atoms with E-state index in [2.05, 4.69) is 17.0 Å². The first-order valence-corrected chi connectivity index (χ1v) is 2.87. The summed E-state index contributed by atoms with van der Waals surface area (Å²) >= 11 is 0. The smallest absolute Gasteiger partial charge is 0.338 e. The summed E-state index contributed by atoms with van der Waals surface area (Å²) in [6.07, 6.45) is 0.449. The van der Waals surface area contributed by atoms with Crippen molar-refractivity contribution in [1.82, 2.24) is 0 Å². The average Bonchev–Trinajstić information content (AvgIpc) is 1.85. The summed E-state index contributed by atoms with van der Waals surface area (Å²) < 4.78 is 4.50. The summed E-state index contributed by atoms with van der Waals surface area (Å²) in [5.74, 6) is -0.532. The minimum Gasteiger partial charge on any atom is -0.459 e. The van der Waals surface area contributed by atoms with Gasteiger partial charge in [-0.25, -0.2) is 4.79 Å². The molecule has 0 heterocycles. The summed E-state index contributed by atoms with van der Waals surface area (Å²) in [5.41, 5.74) is 2.26. The fourth-order valence-corrected chi connectivity index (χ4v) is 0.328. The van der Waals surface area contributed by atoms with Gasteiger partial charge in [-0.15, -0.1) is 5.73 Å². The first-order valence-electron chi connectivity index (χ1n) is 2.87. The average molecular weight is 142 g/mol. The van der Waals surface area contributed by atoms with Crippen LogP contribution in [0.25, 0.3) is 0 Å². The topological polar surface area (TPSA) is 46.5 Å². The number of aliphatic hydroxyl groups excluding tert-OH is 1. The molecular formula is C7H10O3. The lowest BCUT2D eigenvalue weighted by atomic mass is 10.4. The maximum atomic E-state index is 10.5. The van der Waals surface area contributed by atoms with Crippen LogP contribution in [0.2, 0.25) is 0 Å². The van der Waals surface area contributed by atoms with E-state index in [-0.39, 0.29) is 6.61 Å². The summed E-state index contributed by atoms with van der Waals surface area (Å²) in [5, 5.41) is 8.64. The van der Waals surface area contributed by atoms with Crippen molar-refractivity contribution in [1.29, 1.82) is 0 Å². The van der Waals surface area contributed by atoms with Gasteiger partial charge in [-0.2, -0.15) is 0 Å². The van der Waals surface area contributed by atoms with Gasteiger partial charge in [0.05, 0.1) is 12.2 Å². The predicted octanol–water partition coefficient (Wildman–Crippen LogP) is 0.251. The molecule has 0 rings (SSSR count). The SMILES string of the molecule is C=C=CC(=O)OCC(C)O. The molecule has 10 heavy (non-hydrogen) atoms. The molecule has 3 nitrogen and oxygen atoms in total. The standard InChI is InChI=1S/C7H10O3/c1-3-4-7(9)10-5-6(2)8/h4,6,8H,1,5H2,2H3. The molecule has 0 aliphatic rings. The van der Waals surface area contributed by atoms with Crippen LogP contribution in [0.3, 0.4) is 0 Å². The summed E-state index contributed by atoms with van der Waals surface area (Å²) in [4.78, 5) is 10.5. The fraction of sp³-hybridized carbons (Fsp3) is 0.429.